The van der Waals surface area contributed by atoms with Gasteiger partial charge in [-0.1, -0.05) is 37.1 Å². The number of hydrogen-bond donors (Lipinski definition) is 0. The van der Waals surface area contributed by atoms with Gasteiger partial charge in [0.2, 0.25) is 0 Å². The maximum atomic E-state index is 12.7. The van der Waals surface area contributed by atoms with E-state index in [4.69, 9.17) is 0 Å². The van der Waals surface area contributed by atoms with E-state index in [1.165, 1.54) is 68.4 Å². The average molecular weight is 404 g/mol. The molecule has 3 aliphatic rings. The van der Waals surface area contributed by atoms with E-state index in [0.717, 1.165) is 37.8 Å². The molecule has 1 saturated carbocycles. The number of piperazine rings is 1. The second-order valence-corrected chi connectivity index (χ2v) is 9.07. The molecule has 4 nitrogen and oxygen atoms in total. The fraction of sp³-hybridized carbons (Fsp3) is 0.500. The number of nitrogens with zero attached hydrogens (tertiary/aromatic N) is 3. The van der Waals surface area contributed by atoms with Crippen molar-refractivity contribution < 1.29 is 4.79 Å². The largest absolute Gasteiger partial charge is 0.368 e. The van der Waals surface area contributed by atoms with Gasteiger partial charge in [-0.3, -0.25) is 9.69 Å². The van der Waals surface area contributed by atoms with Crippen molar-refractivity contribution in [2.45, 2.75) is 44.6 Å². The first-order valence-electron chi connectivity index (χ1n) is 11.7. The number of amides is 1. The minimum Gasteiger partial charge on any atom is -0.368 e. The van der Waals surface area contributed by atoms with Gasteiger partial charge in [0.15, 0.2) is 0 Å². The van der Waals surface area contributed by atoms with Gasteiger partial charge >= 0.3 is 0 Å². The fourth-order valence-electron chi connectivity index (χ4n) is 5.49. The van der Waals surface area contributed by atoms with Gasteiger partial charge in [0.25, 0.3) is 5.91 Å². The first kappa shape index (κ1) is 19.6. The molecule has 0 atom stereocenters. The van der Waals surface area contributed by atoms with E-state index >= 15 is 0 Å². The quantitative estimate of drug-likeness (QED) is 0.775. The minimum absolute atomic E-state index is 0.157. The topological polar surface area (TPSA) is 26.8 Å². The van der Waals surface area contributed by atoms with Gasteiger partial charge in [-0.2, -0.15) is 0 Å². The third kappa shape index (κ3) is 4.11. The monoisotopic (exact) mass is 403 g/mol. The molecule has 2 heterocycles. The Kier molecular flexibility index (Phi) is 5.76. The Labute approximate surface area is 180 Å². The summed E-state index contributed by atoms with van der Waals surface area (Å²) < 4.78 is 0. The summed E-state index contributed by atoms with van der Waals surface area (Å²) in [6, 6.07) is 17.6. The number of benzene rings is 2. The van der Waals surface area contributed by atoms with Gasteiger partial charge in [-0.05, 0) is 61.1 Å². The van der Waals surface area contributed by atoms with E-state index in [0.29, 0.717) is 0 Å². The highest BCUT2D eigenvalue weighted by Gasteiger charge is 2.26. The molecule has 1 saturated heterocycles. The van der Waals surface area contributed by atoms with Crippen molar-refractivity contribution in [3.8, 4) is 0 Å². The second kappa shape index (κ2) is 8.81. The van der Waals surface area contributed by atoms with Crippen LogP contribution in [0, 0.1) is 0 Å². The van der Waals surface area contributed by atoms with Gasteiger partial charge in [-0.15, -0.1) is 0 Å². The second-order valence-electron chi connectivity index (χ2n) is 9.07. The molecule has 4 heteroatoms. The fourth-order valence-corrected chi connectivity index (χ4v) is 5.49. The summed E-state index contributed by atoms with van der Waals surface area (Å²) in [5.41, 5.74) is 5.20. The number of carbonyl (C=O) groups is 1. The molecule has 1 aliphatic carbocycles. The number of rotatable bonds is 3. The standard InChI is InChI=1S/C26H33N3O/c30-26(22-6-2-1-3-7-22)29-18-16-28(17-19-29)25-11-10-21-12-14-27(15-13-23(21)20-25)24-8-4-5-9-24/h1-3,6-7,10-11,20,24H,4-5,8-9,12-19H2. The Morgan fingerprint density at radius 3 is 2.20 bits per heavy atom. The molecule has 30 heavy (non-hydrogen) atoms. The van der Waals surface area contributed by atoms with Crippen LogP contribution in [0.2, 0.25) is 0 Å². The van der Waals surface area contributed by atoms with Gasteiger partial charge < -0.3 is 9.80 Å². The summed E-state index contributed by atoms with van der Waals surface area (Å²) in [6.07, 6.45) is 7.98. The Balaban J connectivity index is 1.21. The van der Waals surface area contributed by atoms with Crippen LogP contribution >= 0.6 is 0 Å². The summed E-state index contributed by atoms with van der Waals surface area (Å²) in [5.74, 6) is 0.157. The summed E-state index contributed by atoms with van der Waals surface area (Å²) in [5, 5.41) is 0. The lowest BCUT2D eigenvalue weighted by atomic mass is 10.0. The maximum Gasteiger partial charge on any atom is 0.253 e. The molecule has 2 fully saturated rings. The van der Waals surface area contributed by atoms with Gasteiger partial charge in [-0.25, -0.2) is 0 Å². The summed E-state index contributed by atoms with van der Waals surface area (Å²) >= 11 is 0. The van der Waals surface area contributed by atoms with Crippen molar-refractivity contribution in [3.63, 3.8) is 0 Å². The normalized spacial score (nSPS) is 20.8. The molecule has 0 aromatic heterocycles. The zero-order chi connectivity index (χ0) is 20.3. The Morgan fingerprint density at radius 2 is 1.47 bits per heavy atom. The van der Waals surface area contributed by atoms with Crippen LogP contribution in [0.5, 0.6) is 0 Å². The number of hydrogen-bond acceptors (Lipinski definition) is 3. The molecule has 2 aromatic rings. The van der Waals surface area contributed by atoms with Crippen LogP contribution in [0.4, 0.5) is 5.69 Å². The van der Waals surface area contributed by atoms with Crippen molar-refractivity contribution in [2.75, 3.05) is 44.2 Å². The lowest BCUT2D eigenvalue weighted by molar-refractivity contribution is 0.0747. The highest BCUT2D eigenvalue weighted by Crippen LogP contribution is 2.28. The maximum absolute atomic E-state index is 12.7. The van der Waals surface area contributed by atoms with Crippen LogP contribution in [0.3, 0.4) is 0 Å². The van der Waals surface area contributed by atoms with E-state index < -0.39 is 0 Å². The average Bonchev–Trinajstić information content (AvgIpc) is 3.26. The lowest BCUT2D eigenvalue weighted by Gasteiger charge is -2.36. The van der Waals surface area contributed by atoms with E-state index in [1.807, 2.05) is 35.2 Å². The highest BCUT2D eigenvalue weighted by molar-refractivity contribution is 5.94. The van der Waals surface area contributed by atoms with Gasteiger partial charge in [0.1, 0.15) is 0 Å². The van der Waals surface area contributed by atoms with Crippen LogP contribution < -0.4 is 4.90 Å². The zero-order valence-electron chi connectivity index (χ0n) is 17.9. The molecular weight excluding hydrogens is 370 g/mol. The number of anilines is 1. The first-order valence-corrected chi connectivity index (χ1v) is 11.7. The Bertz CT molecular complexity index is 867. The predicted octanol–water partition coefficient (Wildman–Crippen LogP) is 3.99. The third-order valence-corrected chi connectivity index (χ3v) is 7.32. The molecule has 0 spiro atoms. The van der Waals surface area contributed by atoms with Gasteiger partial charge in [0, 0.05) is 56.6 Å². The SMILES string of the molecule is O=C(c1ccccc1)N1CCN(c2ccc3c(c2)CCN(C2CCCC2)CC3)CC1. The summed E-state index contributed by atoms with van der Waals surface area (Å²) in [4.78, 5) is 19.9. The molecule has 5 rings (SSSR count). The molecule has 2 aromatic carbocycles. The molecule has 0 N–H and O–H groups in total. The van der Waals surface area contributed by atoms with Crippen LogP contribution in [-0.4, -0.2) is 61.0 Å². The first-order chi connectivity index (χ1) is 14.8. The number of fused-ring (bicyclic) bond motifs is 1. The van der Waals surface area contributed by atoms with E-state index in [9.17, 15) is 4.79 Å². The summed E-state index contributed by atoms with van der Waals surface area (Å²) in [7, 11) is 0. The summed E-state index contributed by atoms with van der Waals surface area (Å²) in [6.45, 7) is 5.83. The van der Waals surface area contributed by atoms with Crippen LogP contribution in [0.1, 0.15) is 47.2 Å². The van der Waals surface area contributed by atoms with Crippen molar-refractivity contribution in [1.29, 1.82) is 0 Å². The molecular formula is C26H33N3O. The van der Waals surface area contributed by atoms with Crippen molar-refractivity contribution >= 4 is 11.6 Å². The predicted molar refractivity (Wildman–Crippen MR) is 122 cm³/mol. The third-order valence-electron chi connectivity index (χ3n) is 7.32. The molecule has 158 valence electrons. The number of carbonyl (C=O) groups excluding carboxylic acids is 1. The molecule has 0 bridgehead atoms. The molecule has 0 unspecified atom stereocenters. The van der Waals surface area contributed by atoms with Crippen molar-refractivity contribution in [2.24, 2.45) is 0 Å². The minimum atomic E-state index is 0.157. The Hall–Kier alpha value is -2.33. The zero-order valence-corrected chi connectivity index (χ0v) is 17.9. The van der Waals surface area contributed by atoms with Crippen LogP contribution in [0.15, 0.2) is 48.5 Å². The van der Waals surface area contributed by atoms with Crippen molar-refractivity contribution in [1.82, 2.24) is 9.80 Å². The molecule has 2 aliphatic heterocycles. The van der Waals surface area contributed by atoms with Crippen molar-refractivity contribution in [3.05, 3.63) is 65.2 Å². The Morgan fingerprint density at radius 1 is 0.767 bits per heavy atom. The molecule has 1 amide bonds. The smallest absolute Gasteiger partial charge is 0.253 e. The van der Waals surface area contributed by atoms with E-state index in [1.54, 1.807) is 0 Å². The lowest BCUT2D eigenvalue weighted by Crippen LogP contribution is -2.48. The van der Waals surface area contributed by atoms with Gasteiger partial charge in [0.05, 0.1) is 0 Å². The van der Waals surface area contributed by atoms with E-state index in [2.05, 4.69) is 28.0 Å². The van der Waals surface area contributed by atoms with Crippen LogP contribution in [0.25, 0.3) is 0 Å². The highest BCUT2D eigenvalue weighted by atomic mass is 16.2. The van der Waals surface area contributed by atoms with E-state index in [-0.39, 0.29) is 5.91 Å². The molecule has 0 radical (unpaired) electrons. The van der Waals surface area contributed by atoms with Crippen LogP contribution in [-0.2, 0) is 12.8 Å².